The molecule has 1 aliphatic rings. The fraction of sp³-hybridized carbons (Fsp3) is 0.0909. The number of aromatic nitrogens is 1. The maximum absolute atomic E-state index is 12.3. The van der Waals surface area contributed by atoms with Crippen LogP contribution in [0.15, 0.2) is 89.0 Å². The van der Waals surface area contributed by atoms with Crippen LogP contribution in [0.2, 0.25) is 0 Å². The standard InChI is InChI=1S/C22H18N4OS/c27-21(24-16-8-2-1-3-9-16)15-28-22-14-20(17-10-6-7-13-23-17)25-18-11-4-5-12-19(18)26-22/h1-13H,14-15H2,(H,24,27). The quantitative estimate of drug-likeness (QED) is 0.685. The third kappa shape index (κ3) is 4.53. The van der Waals surface area contributed by atoms with Crippen molar-refractivity contribution in [1.82, 2.24) is 4.98 Å². The second-order valence-electron chi connectivity index (χ2n) is 6.15. The van der Waals surface area contributed by atoms with Crippen molar-refractivity contribution in [2.75, 3.05) is 11.1 Å². The van der Waals surface area contributed by atoms with Crippen LogP contribution in [0, 0.1) is 0 Å². The van der Waals surface area contributed by atoms with Crippen molar-refractivity contribution < 1.29 is 4.79 Å². The summed E-state index contributed by atoms with van der Waals surface area (Å²) in [4.78, 5) is 26.3. The number of carbonyl (C=O) groups excluding carboxylic acids is 1. The van der Waals surface area contributed by atoms with Crippen LogP contribution in [-0.2, 0) is 4.79 Å². The normalized spacial score (nSPS) is 13.0. The number of fused-ring (bicyclic) bond motifs is 1. The number of pyridine rings is 1. The third-order valence-electron chi connectivity index (χ3n) is 4.09. The van der Waals surface area contributed by atoms with Crippen molar-refractivity contribution in [3.8, 4) is 0 Å². The average Bonchev–Trinajstić information content (AvgIpc) is 2.93. The van der Waals surface area contributed by atoms with Crippen LogP contribution in [0.3, 0.4) is 0 Å². The van der Waals surface area contributed by atoms with Gasteiger partial charge in [-0.15, -0.1) is 11.8 Å². The molecule has 0 aliphatic carbocycles. The molecule has 4 rings (SSSR count). The van der Waals surface area contributed by atoms with Crippen LogP contribution < -0.4 is 5.32 Å². The Morgan fingerprint density at radius 3 is 2.36 bits per heavy atom. The smallest absolute Gasteiger partial charge is 0.234 e. The Labute approximate surface area is 167 Å². The van der Waals surface area contributed by atoms with Crippen molar-refractivity contribution in [1.29, 1.82) is 0 Å². The Morgan fingerprint density at radius 1 is 0.893 bits per heavy atom. The van der Waals surface area contributed by atoms with Crippen molar-refractivity contribution in [3.63, 3.8) is 0 Å². The molecule has 3 aromatic rings. The highest BCUT2D eigenvalue weighted by molar-refractivity contribution is 8.14. The number of rotatable bonds is 4. The molecule has 0 radical (unpaired) electrons. The van der Waals surface area contributed by atoms with Gasteiger partial charge in [0.1, 0.15) is 0 Å². The van der Waals surface area contributed by atoms with E-state index in [9.17, 15) is 4.79 Å². The maximum Gasteiger partial charge on any atom is 0.234 e. The Hall–Kier alpha value is -3.25. The number of para-hydroxylation sites is 3. The zero-order valence-corrected chi connectivity index (χ0v) is 15.9. The average molecular weight is 386 g/mol. The topological polar surface area (TPSA) is 66.7 Å². The number of nitrogens with zero attached hydrogens (tertiary/aromatic N) is 3. The van der Waals surface area contributed by atoms with Gasteiger partial charge in [-0.3, -0.25) is 9.78 Å². The van der Waals surface area contributed by atoms with E-state index in [-0.39, 0.29) is 11.7 Å². The molecule has 2 aromatic carbocycles. The van der Waals surface area contributed by atoms with Crippen LogP contribution in [0.5, 0.6) is 0 Å². The largest absolute Gasteiger partial charge is 0.325 e. The van der Waals surface area contributed by atoms with Crippen molar-refractivity contribution in [3.05, 3.63) is 84.7 Å². The number of amides is 1. The second-order valence-corrected chi connectivity index (χ2v) is 7.20. The molecule has 0 atom stereocenters. The zero-order valence-electron chi connectivity index (χ0n) is 15.1. The number of anilines is 1. The summed E-state index contributed by atoms with van der Waals surface area (Å²) in [7, 11) is 0. The van der Waals surface area contributed by atoms with E-state index in [1.54, 1.807) is 6.20 Å². The molecule has 138 valence electrons. The number of hydrogen-bond acceptors (Lipinski definition) is 5. The minimum atomic E-state index is -0.0623. The molecular formula is C22H18N4OS. The second kappa shape index (κ2) is 8.63. The molecule has 0 saturated carbocycles. The van der Waals surface area contributed by atoms with Crippen molar-refractivity contribution in [2.24, 2.45) is 9.98 Å². The molecule has 5 nitrogen and oxygen atoms in total. The zero-order chi connectivity index (χ0) is 19.2. The van der Waals surface area contributed by atoms with E-state index in [2.05, 4.69) is 10.3 Å². The summed E-state index contributed by atoms with van der Waals surface area (Å²) < 4.78 is 0. The summed E-state index contributed by atoms with van der Waals surface area (Å²) in [6.07, 6.45) is 2.29. The Morgan fingerprint density at radius 2 is 1.61 bits per heavy atom. The lowest BCUT2D eigenvalue weighted by atomic mass is 10.2. The van der Waals surface area contributed by atoms with Crippen LogP contribution in [0.25, 0.3) is 0 Å². The van der Waals surface area contributed by atoms with Gasteiger partial charge in [0.2, 0.25) is 5.91 Å². The van der Waals surface area contributed by atoms with Gasteiger partial charge in [-0.2, -0.15) is 0 Å². The van der Waals surface area contributed by atoms with E-state index in [1.807, 2.05) is 72.8 Å². The van der Waals surface area contributed by atoms with Gasteiger partial charge in [-0.25, -0.2) is 9.98 Å². The van der Waals surface area contributed by atoms with E-state index in [0.29, 0.717) is 6.42 Å². The van der Waals surface area contributed by atoms with Crippen LogP contribution in [0.4, 0.5) is 17.1 Å². The fourth-order valence-electron chi connectivity index (χ4n) is 2.79. The molecule has 0 unspecified atom stereocenters. The first-order chi connectivity index (χ1) is 13.8. The predicted molar refractivity (Wildman–Crippen MR) is 116 cm³/mol. The summed E-state index contributed by atoms with van der Waals surface area (Å²) in [6.45, 7) is 0. The molecule has 28 heavy (non-hydrogen) atoms. The van der Waals surface area contributed by atoms with Crippen LogP contribution in [-0.4, -0.2) is 27.4 Å². The first kappa shape index (κ1) is 18.1. The molecule has 1 aromatic heterocycles. The highest BCUT2D eigenvalue weighted by Gasteiger charge is 2.17. The molecule has 0 fully saturated rings. The van der Waals surface area contributed by atoms with Crippen molar-refractivity contribution >= 4 is 45.5 Å². The highest BCUT2D eigenvalue weighted by atomic mass is 32.2. The summed E-state index contributed by atoms with van der Waals surface area (Å²) in [5, 5.41) is 3.75. The lowest BCUT2D eigenvalue weighted by molar-refractivity contribution is -0.113. The van der Waals surface area contributed by atoms with E-state index in [4.69, 9.17) is 9.98 Å². The number of carbonyl (C=O) groups is 1. The van der Waals surface area contributed by atoms with Gasteiger partial charge in [0.15, 0.2) is 0 Å². The van der Waals surface area contributed by atoms with Gasteiger partial charge < -0.3 is 5.32 Å². The van der Waals surface area contributed by atoms with E-state index in [0.717, 1.165) is 33.5 Å². The number of thioether (sulfide) groups is 1. The van der Waals surface area contributed by atoms with Crippen LogP contribution in [0.1, 0.15) is 12.1 Å². The molecule has 2 heterocycles. The molecular weight excluding hydrogens is 368 g/mol. The van der Waals surface area contributed by atoms with Crippen molar-refractivity contribution in [2.45, 2.75) is 6.42 Å². The van der Waals surface area contributed by atoms with E-state index < -0.39 is 0 Å². The minimum Gasteiger partial charge on any atom is -0.325 e. The predicted octanol–water partition coefficient (Wildman–Crippen LogP) is 5.01. The first-order valence-corrected chi connectivity index (χ1v) is 9.90. The Balaban J connectivity index is 1.53. The molecule has 0 saturated heterocycles. The fourth-order valence-corrected chi connectivity index (χ4v) is 3.56. The number of nitrogens with one attached hydrogen (secondary N) is 1. The minimum absolute atomic E-state index is 0.0623. The summed E-state index contributed by atoms with van der Waals surface area (Å²) in [5.41, 5.74) is 4.07. The summed E-state index contributed by atoms with van der Waals surface area (Å²) in [5.74, 6) is 0.221. The van der Waals surface area contributed by atoms with E-state index in [1.165, 1.54) is 11.8 Å². The molecule has 1 aliphatic heterocycles. The Kier molecular flexibility index (Phi) is 5.58. The number of benzene rings is 2. The first-order valence-electron chi connectivity index (χ1n) is 8.91. The van der Waals surface area contributed by atoms with Crippen LogP contribution >= 0.6 is 11.8 Å². The van der Waals surface area contributed by atoms with Gasteiger partial charge in [-0.05, 0) is 36.4 Å². The molecule has 0 spiro atoms. The molecule has 0 bridgehead atoms. The molecule has 1 N–H and O–H groups in total. The molecule has 1 amide bonds. The van der Waals surface area contributed by atoms with Gasteiger partial charge in [0, 0.05) is 18.3 Å². The van der Waals surface area contributed by atoms with Gasteiger partial charge >= 0.3 is 0 Å². The number of aliphatic imine (C=N–C) groups is 2. The van der Waals surface area contributed by atoms with Gasteiger partial charge in [0.05, 0.1) is 33.6 Å². The SMILES string of the molecule is O=C(CSC1=Nc2ccccc2N=C(c2ccccn2)C1)Nc1ccccc1. The molecule has 6 heteroatoms. The third-order valence-corrected chi connectivity index (χ3v) is 5.06. The lowest BCUT2D eigenvalue weighted by Crippen LogP contribution is -2.16. The van der Waals surface area contributed by atoms with Gasteiger partial charge in [0.25, 0.3) is 0 Å². The lowest BCUT2D eigenvalue weighted by Gasteiger charge is -2.07. The van der Waals surface area contributed by atoms with E-state index >= 15 is 0 Å². The summed E-state index contributed by atoms with van der Waals surface area (Å²) in [6, 6.07) is 23.0. The maximum atomic E-state index is 12.3. The Bertz CT molecular complexity index is 1030. The van der Waals surface area contributed by atoms with Gasteiger partial charge in [-0.1, -0.05) is 36.4 Å². The number of hydrogen-bond donors (Lipinski definition) is 1. The highest BCUT2D eigenvalue weighted by Crippen LogP contribution is 2.33. The monoisotopic (exact) mass is 386 g/mol. The summed E-state index contributed by atoms with van der Waals surface area (Å²) >= 11 is 1.43.